The zero-order chi connectivity index (χ0) is 19.8. The molecule has 4 heterocycles. The van der Waals surface area contributed by atoms with Crippen molar-refractivity contribution in [3.63, 3.8) is 0 Å². The first-order valence-electron chi connectivity index (χ1n) is 9.83. The Bertz CT molecular complexity index is 1190. The Balaban J connectivity index is 1.37. The standard InChI is InChI=1S/C20H21N5O2S2/c1-2-8-25(11-16-23-24-19(27-16)14-7-4-9-28-14)10-15-21-18(26)17-12-5-3-6-13(12)29-20(17)22-15/h4,7,9H,2-3,5-6,8,10-11H2,1H3,(H,21,22,26). The summed E-state index contributed by atoms with van der Waals surface area (Å²) in [5, 5.41) is 11.1. The molecule has 4 aromatic heterocycles. The second-order valence-corrected chi connectivity index (χ2v) is 9.27. The van der Waals surface area contributed by atoms with Crippen molar-refractivity contribution in [2.75, 3.05) is 6.54 Å². The minimum atomic E-state index is -0.0152. The van der Waals surface area contributed by atoms with Crippen LogP contribution in [0.15, 0.2) is 26.7 Å². The Hall–Kier alpha value is -2.36. The van der Waals surface area contributed by atoms with Crippen LogP contribution in [0.3, 0.4) is 0 Å². The van der Waals surface area contributed by atoms with Crippen LogP contribution in [0.1, 0.15) is 41.9 Å². The molecule has 0 amide bonds. The number of fused-ring (bicyclic) bond motifs is 3. The lowest BCUT2D eigenvalue weighted by atomic mass is 10.2. The van der Waals surface area contributed by atoms with Gasteiger partial charge in [-0.3, -0.25) is 9.69 Å². The fraction of sp³-hybridized carbons (Fsp3) is 0.400. The van der Waals surface area contributed by atoms with Gasteiger partial charge in [0.1, 0.15) is 10.7 Å². The zero-order valence-electron chi connectivity index (χ0n) is 16.1. The van der Waals surface area contributed by atoms with Gasteiger partial charge in [0, 0.05) is 4.88 Å². The van der Waals surface area contributed by atoms with E-state index in [2.05, 4.69) is 27.0 Å². The molecule has 150 valence electrons. The average molecular weight is 428 g/mol. The van der Waals surface area contributed by atoms with Crippen molar-refractivity contribution in [1.29, 1.82) is 0 Å². The van der Waals surface area contributed by atoms with Crippen molar-refractivity contribution in [2.45, 2.75) is 45.7 Å². The molecule has 0 aliphatic heterocycles. The van der Waals surface area contributed by atoms with Gasteiger partial charge in [0.05, 0.1) is 23.4 Å². The second kappa shape index (κ2) is 7.81. The molecule has 0 radical (unpaired) electrons. The molecule has 4 aromatic rings. The Morgan fingerprint density at radius 1 is 1.28 bits per heavy atom. The molecule has 0 saturated carbocycles. The summed E-state index contributed by atoms with van der Waals surface area (Å²) in [5.74, 6) is 1.81. The predicted octanol–water partition coefficient (Wildman–Crippen LogP) is 4.00. The molecule has 1 aliphatic rings. The maximum absolute atomic E-state index is 12.7. The van der Waals surface area contributed by atoms with Crippen LogP contribution < -0.4 is 5.56 Å². The van der Waals surface area contributed by atoms with Gasteiger partial charge in [-0.25, -0.2) is 4.98 Å². The summed E-state index contributed by atoms with van der Waals surface area (Å²) in [6.45, 7) is 4.04. The number of hydrogen-bond donors (Lipinski definition) is 1. The number of H-pyrrole nitrogens is 1. The number of hydrogen-bond acceptors (Lipinski definition) is 8. The highest BCUT2D eigenvalue weighted by Crippen LogP contribution is 2.34. The summed E-state index contributed by atoms with van der Waals surface area (Å²) in [6.07, 6.45) is 4.17. The summed E-state index contributed by atoms with van der Waals surface area (Å²) in [6, 6.07) is 3.93. The Morgan fingerprint density at radius 2 is 2.21 bits per heavy atom. The number of thiophene rings is 2. The lowest BCUT2D eigenvalue weighted by Crippen LogP contribution is -2.26. The zero-order valence-corrected chi connectivity index (χ0v) is 17.7. The van der Waals surface area contributed by atoms with Gasteiger partial charge in [0.2, 0.25) is 5.89 Å². The highest BCUT2D eigenvalue weighted by molar-refractivity contribution is 7.18. The molecule has 0 aromatic carbocycles. The monoisotopic (exact) mass is 427 g/mol. The summed E-state index contributed by atoms with van der Waals surface area (Å²) in [7, 11) is 0. The molecule has 1 N–H and O–H groups in total. The molecular formula is C20H21N5O2S2. The molecule has 7 nitrogen and oxygen atoms in total. The third-order valence-corrected chi connectivity index (χ3v) is 7.14. The quantitative estimate of drug-likeness (QED) is 0.480. The van der Waals surface area contributed by atoms with Crippen molar-refractivity contribution < 1.29 is 4.42 Å². The normalized spacial score (nSPS) is 13.6. The van der Waals surface area contributed by atoms with Gasteiger partial charge in [-0.1, -0.05) is 13.0 Å². The molecule has 5 rings (SSSR count). The summed E-state index contributed by atoms with van der Waals surface area (Å²) >= 11 is 3.25. The third kappa shape index (κ3) is 3.65. The average Bonchev–Trinajstić information content (AvgIpc) is 3.45. The number of aromatic amines is 1. The van der Waals surface area contributed by atoms with Gasteiger partial charge >= 0.3 is 0 Å². The van der Waals surface area contributed by atoms with Gasteiger partial charge < -0.3 is 9.40 Å². The predicted molar refractivity (Wildman–Crippen MR) is 114 cm³/mol. The smallest absolute Gasteiger partial charge is 0.259 e. The van der Waals surface area contributed by atoms with Crippen molar-refractivity contribution >= 4 is 32.9 Å². The molecule has 9 heteroatoms. The van der Waals surface area contributed by atoms with Crippen molar-refractivity contribution in [3.8, 4) is 10.8 Å². The molecule has 0 fully saturated rings. The lowest BCUT2D eigenvalue weighted by Gasteiger charge is -2.18. The SMILES string of the molecule is CCCN(Cc1nc2sc3c(c2c(=O)[nH]1)CCC3)Cc1nnc(-c2cccs2)o1. The van der Waals surface area contributed by atoms with E-state index in [4.69, 9.17) is 9.40 Å². The molecular weight excluding hydrogens is 406 g/mol. The van der Waals surface area contributed by atoms with Crippen LogP contribution in [0.2, 0.25) is 0 Å². The molecule has 1 aliphatic carbocycles. The van der Waals surface area contributed by atoms with E-state index in [-0.39, 0.29) is 5.56 Å². The number of rotatable bonds is 7. The minimum Gasteiger partial charge on any atom is -0.419 e. The van der Waals surface area contributed by atoms with E-state index in [1.54, 1.807) is 22.7 Å². The Morgan fingerprint density at radius 3 is 3.03 bits per heavy atom. The number of aryl methyl sites for hydroxylation is 2. The maximum Gasteiger partial charge on any atom is 0.259 e. The topological polar surface area (TPSA) is 87.9 Å². The highest BCUT2D eigenvalue weighted by atomic mass is 32.1. The van der Waals surface area contributed by atoms with E-state index in [1.165, 1.54) is 10.4 Å². The number of aromatic nitrogens is 4. The largest absolute Gasteiger partial charge is 0.419 e. The van der Waals surface area contributed by atoms with Crippen molar-refractivity contribution in [1.82, 2.24) is 25.1 Å². The lowest BCUT2D eigenvalue weighted by molar-refractivity contribution is 0.227. The summed E-state index contributed by atoms with van der Waals surface area (Å²) < 4.78 is 5.83. The summed E-state index contributed by atoms with van der Waals surface area (Å²) in [4.78, 5) is 25.8. The van der Waals surface area contributed by atoms with Crippen LogP contribution >= 0.6 is 22.7 Å². The van der Waals surface area contributed by atoms with E-state index in [1.807, 2.05) is 17.5 Å². The van der Waals surface area contributed by atoms with Crippen LogP contribution in [-0.2, 0) is 25.9 Å². The fourth-order valence-corrected chi connectivity index (χ4v) is 5.80. The first-order valence-corrected chi connectivity index (χ1v) is 11.5. The molecule has 29 heavy (non-hydrogen) atoms. The number of nitrogens with one attached hydrogen (secondary N) is 1. The van der Waals surface area contributed by atoms with Crippen LogP contribution in [0.5, 0.6) is 0 Å². The van der Waals surface area contributed by atoms with E-state index in [9.17, 15) is 4.79 Å². The first kappa shape index (κ1) is 18.7. The third-order valence-electron chi connectivity index (χ3n) is 5.09. The molecule has 0 spiro atoms. The van der Waals surface area contributed by atoms with Gasteiger partial charge in [0.15, 0.2) is 0 Å². The minimum absolute atomic E-state index is 0.0152. The number of nitrogens with zero attached hydrogens (tertiary/aromatic N) is 4. The summed E-state index contributed by atoms with van der Waals surface area (Å²) in [5.41, 5.74) is 1.20. The van der Waals surface area contributed by atoms with Crippen molar-refractivity contribution in [2.24, 2.45) is 0 Å². The molecule has 0 unspecified atom stereocenters. The first-order chi connectivity index (χ1) is 14.2. The fourth-order valence-electron chi connectivity index (χ4n) is 3.87. The molecule has 0 saturated heterocycles. The Labute approximate surface area is 175 Å². The van der Waals surface area contributed by atoms with E-state index in [0.717, 1.165) is 47.3 Å². The van der Waals surface area contributed by atoms with Gasteiger partial charge in [0.25, 0.3) is 11.4 Å². The van der Waals surface area contributed by atoms with Crippen LogP contribution in [0, 0.1) is 0 Å². The van der Waals surface area contributed by atoms with Gasteiger partial charge in [-0.15, -0.1) is 32.9 Å². The Kier molecular flexibility index (Phi) is 5.03. The maximum atomic E-state index is 12.7. The molecule has 0 atom stereocenters. The van der Waals surface area contributed by atoms with E-state index < -0.39 is 0 Å². The van der Waals surface area contributed by atoms with Crippen LogP contribution in [-0.4, -0.2) is 31.6 Å². The van der Waals surface area contributed by atoms with Crippen molar-refractivity contribution in [3.05, 3.63) is 50.0 Å². The van der Waals surface area contributed by atoms with Gasteiger partial charge in [-0.2, -0.15) is 0 Å². The molecule has 0 bridgehead atoms. The van der Waals surface area contributed by atoms with Gasteiger partial charge in [-0.05, 0) is 49.2 Å². The van der Waals surface area contributed by atoms with Crippen LogP contribution in [0.4, 0.5) is 0 Å². The second-order valence-electron chi connectivity index (χ2n) is 7.24. The van der Waals surface area contributed by atoms with Crippen LogP contribution in [0.25, 0.3) is 21.0 Å². The highest BCUT2D eigenvalue weighted by Gasteiger charge is 2.22. The van der Waals surface area contributed by atoms with E-state index >= 15 is 0 Å². The van der Waals surface area contributed by atoms with E-state index in [0.29, 0.717) is 30.7 Å².